The van der Waals surface area contributed by atoms with E-state index in [9.17, 15) is 0 Å². The highest BCUT2D eigenvalue weighted by atomic mass is 79.9. The fourth-order valence-corrected chi connectivity index (χ4v) is 1.46. The SMILES string of the molecule is C.Cn1cnc2cc(Br)ccc21. The Balaban J connectivity index is 0.000000720. The van der Waals surface area contributed by atoms with Crippen LogP contribution in [0.3, 0.4) is 0 Å². The summed E-state index contributed by atoms with van der Waals surface area (Å²) in [7, 11) is 1.99. The highest BCUT2D eigenvalue weighted by molar-refractivity contribution is 9.10. The van der Waals surface area contributed by atoms with Crippen molar-refractivity contribution in [3.05, 3.63) is 29.0 Å². The van der Waals surface area contributed by atoms with Gasteiger partial charge in [0.25, 0.3) is 0 Å². The van der Waals surface area contributed by atoms with Crippen LogP contribution in [0, 0.1) is 0 Å². The summed E-state index contributed by atoms with van der Waals surface area (Å²) < 4.78 is 3.07. The Morgan fingerprint density at radius 2 is 2.17 bits per heavy atom. The molecule has 0 atom stereocenters. The highest BCUT2D eigenvalue weighted by Crippen LogP contribution is 2.17. The number of hydrogen-bond donors (Lipinski definition) is 0. The monoisotopic (exact) mass is 226 g/mol. The van der Waals surface area contributed by atoms with E-state index in [2.05, 4.69) is 20.9 Å². The summed E-state index contributed by atoms with van der Waals surface area (Å²) in [6.07, 6.45) is 1.82. The Morgan fingerprint density at radius 3 is 2.92 bits per heavy atom. The summed E-state index contributed by atoms with van der Waals surface area (Å²) in [5, 5.41) is 0. The van der Waals surface area contributed by atoms with Crippen molar-refractivity contribution in [3.8, 4) is 0 Å². The Labute approximate surface area is 80.4 Å². The van der Waals surface area contributed by atoms with E-state index in [0.717, 1.165) is 15.5 Å². The predicted octanol–water partition coefficient (Wildman–Crippen LogP) is 2.97. The summed E-state index contributed by atoms with van der Waals surface area (Å²) in [4.78, 5) is 4.21. The number of hydrogen-bond acceptors (Lipinski definition) is 1. The van der Waals surface area contributed by atoms with Crippen LogP contribution in [-0.2, 0) is 7.05 Å². The second-order valence-corrected chi connectivity index (χ2v) is 3.40. The molecule has 0 saturated heterocycles. The Kier molecular flexibility index (Phi) is 2.52. The molecule has 0 N–H and O–H groups in total. The summed E-state index contributed by atoms with van der Waals surface area (Å²) in [6, 6.07) is 6.08. The van der Waals surface area contributed by atoms with Gasteiger partial charge in [-0.25, -0.2) is 4.98 Å². The average molecular weight is 227 g/mol. The molecular formula is C9H11BrN2. The third-order valence-corrected chi connectivity index (χ3v) is 2.18. The van der Waals surface area contributed by atoms with Crippen LogP contribution in [0.25, 0.3) is 11.0 Å². The smallest absolute Gasteiger partial charge is 0.0955 e. The number of halogens is 1. The molecule has 12 heavy (non-hydrogen) atoms. The fraction of sp³-hybridized carbons (Fsp3) is 0.222. The normalized spacial score (nSPS) is 9.83. The van der Waals surface area contributed by atoms with Gasteiger partial charge in [0.15, 0.2) is 0 Å². The van der Waals surface area contributed by atoms with E-state index in [-0.39, 0.29) is 7.43 Å². The average Bonchev–Trinajstić information content (AvgIpc) is 2.32. The van der Waals surface area contributed by atoms with Gasteiger partial charge in [-0.2, -0.15) is 0 Å². The van der Waals surface area contributed by atoms with E-state index in [4.69, 9.17) is 0 Å². The predicted molar refractivity (Wildman–Crippen MR) is 55.1 cm³/mol. The van der Waals surface area contributed by atoms with Gasteiger partial charge in [-0.3, -0.25) is 0 Å². The third-order valence-electron chi connectivity index (χ3n) is 1.69. The van der Waals surface area contributed by atoms with Crippen molar-refractivity contribution in [1.82, 2.24) is 9.55 Å². The number of aryl methyl sites for hydroxylation is 1. The molecule has 0 unspecified atom stereocenters. The number of benzene rings is 1. The van der Waals surface area contributed by atoms with Crippen LogP contribution in [-0.4, -0.2) is 9.55 Å². The van der Waals surface area contributed by atoms with Gasteiger partial charge in [-0.1, -0.05) is 23.4 Å². The van der Waals surface area contributed by atoms with Crippen molar-refractivity contribution in [2.45, 2.75) is 7.43 Å². The molecule has 0 saturated carbocycles. The Bertz CT molecular complexity index is 392. The summed E-state index contributed by atoms with van der Waals surface area (Å²) >= 11 is 3.39. The van der Waals surface area contributed by atoms with Gasteiger partial charge >= 0.3 is 0 Å². The minimum absolute atomic E-state index is 0. The zero-order valence-corrected chi connectivity index (χ0v) is 7.67. The largest absolute Gasteiger partial charge is 0.334 e. The van der Waals surface area contributed by atoms with Gasteiger partial charge in [-0.05, 0) is 18.2 Å². The summed E-state index contributed by atoms with van der Waals surface area (Å²) in [5.74, 6) is 0. The minimum atomic E-state index is 0. The van der Waals surface area contributed by atoms with Crippen molar-refractivity contribution in [2.75, 3.05) is 0 Å². The molecule has 0 fully saturated rings. The van der Waals surface area contributed by atoms with Crippen molar-refractivity contribution < 1.29 is 0 Å². The van der Waals surface area contributed by atoms with Crippen LogP contribution in [0.4, 0.5) is 0 Å². The molecule has 3 heteroatoms. The topological polar surface area (TPSA) is 17.8 Å². The molecule has 1 heterocycles. The highest BCUT2D eigenvalue weighted by Gasteiger charge is 1.97. The molecular weight excluding hydrogens is 216 g/mol. The van der Waals surface area contributed by atoms with E-state index in [0.29, 0.717) is 0 Å². The van der Waals surface area contributed by atoms with Crippen LogP contribution < -0.4 is 0 Å². The number of imidazole rings is 1. The van der Waals surface area contributed by atoms with Gasteiger partial charge < -0.3 is 4.57 Å². The zero-order chi connectivity index (χ0) is 7.84. The lowest BCUT2D eigenvalue weighted by Gasteiger charge is -1.92. The molecule has 64 valence electrons. The van der Waals surface area contributed by atoms with E-state index < -0.39 is 0 Å². The molecule has 0 aliphatic heterocycles. The lowest BCUT2D eigenvalue weighted by atomic mass is 10.3. The molecule has 1 aromatic carbocycles. The molecule has 2 rings (SSSR count). The van der Waals surface area contributed by atoms with Crippen LogP contribution in [0.5, 0.6) is 0 Å². The second-order valence-electron chi connectivity index (χ2n) is 2.49. The Morgan fingerprint density at radius 1 is 1.42 bits per heavy atom. The number of aromatic nitrogens is 2. The molecule has 0 aliphatic rings. The summed E-state index contributed by atoms with van der Waals surface area (Å²) in [5.41, 5.74) is 2.19. The standard InChI is InChI=1S/C8H7BrN2.CH4/c1-11-5-10-7-4-6(9)2-3-8(7)11;/h2-5H,1H3;1H4. The van der Waals surface area contributed by atoms with Crippen molar-refractivity contribution in [2.24, 2.45) is 7.05 Å². The van der Waals surface area contributed by atoms with Crippen molar-refractivity contribution in [3.63, 3.8) is 0 Å². The van der Waals surface area contributed by atoms with E-state index in [1.807, 2.05) is 36.1 Å². The quantitative estimate of drug-likeness (QED) is 0.676. The lowest BCUT2D eigenvalue weighted by molar-refractivity contribution is 0.947. The van der Waals surface area contributed by atoms with Gasteiger partial charge in [0.1, 0.15) is 0 Å². The first-order valence-corrected chi connectivity index (χ1v) is 4.13. The van der Waals surface area contributed by atoms with Crippen molar-refractivity contribution >= 4 is 27.0 Å². The lowest BCUT2D eigenvalue weighted by Crippen LogP contribution is -1.82. The van der Waals surface area contributed by atoms with Gasteiger partial charge in [0, 0.05) is 11.5 Å². The van der Waals surface area contributed by atoms with Crippen LogP contribution in [0.1, 0.15) is 7.43 Å². The van der Waals surface area contributed by atoms with Gasteiger partial charge in [0.2, 0.25) is 0 Å². The number of nitrogens with zero attached hydrogens (tertiary/aromatic N) is 2. The summed E-state index contributed by atoms with van der Waals surface area (Å²) in [6.45, 7) is 0. The van der Waals surface area contributed by atoms with E-state index >= 15 is 0 Å². The first-order valence-electron chi connectivity index (χ1n) is 3.34. The maximum absolute atomic E-state index is 4.21. The molecule has 2 nitrogen and oxygen atoms in total. The zero-order valence-electron chi connectivity index (χ0n) is 6.08. The molecule has 0 aliphatic carbocycles. The van der Waals surface area contributed by atoms with Crippen LogP contribution in [0.2, 0.25) is 0 Å². The second kappa shape index (κ2) is 3.27. The minimum Gasteiger partial charge on any atom is -0.334 e. The van der Waals surface area contributed by atoms with Crippen molar-refractivity contribution in [1.29, 1.82) is 0 Å². The molecule has 1 aromatic heterocycles. The Hall–Kier alpha value is -0.830. The van der Waals surface area contributed by atoms with E-state index in [1.165, 1.54) is 0 Å². The van der Waals surface area contributed by atoms with Gasteiger partial charge in [0.05, 0.1) is 17.4 Å². The molecule has 0 bridgehead atoms. The first kappa shape index (κ1) is 9.26. The molecule has 2 aromatic rings. The maximum atomic E-state index is 4.21. The number of fused-ring (bicyclic) bond motifs is 1. The number of rotatable bonds is 0. The first-order chi connectivity index (χ1) is 5.27. The molecule has 0 amide bonds. The van der Waals surface area contributed by atoms with E-state index in [1.54, 1.807) is 0 Å². The van der Waals surface area contributed by atoms with Crippen LogP contribution >= 0.6 is 15.9 Å². The molecule has 0 radical (unpaired) electrons. The third kappa shape index (κ3) is 1.37. The van der Waals surface area contributed by atoms with Crippen LogP contribution in [0.15, 0.2) is 29.0 Å². The van der Waals surface area contributed by atoms with Gasteiger partial charge in [-0.15, -0.1) is 0 Å². The fourth-order valence-electron chi connectivity index (χ4n) is 1.11. The molecule has 0 spiro atoms. The maximum Gasteiger partial charge on any atom is 0.0955 e.